The zero-order valence-electron chi connectivity index (χ0n) is 10.6. The molecule has 0 radical (unpaired) electrons. The van der Waals surface area contributed by atoms with Crippen molar-refractivity contribution in [2.24, 2.45) is 10.8 Å². The molecular formula is C12H22N4S. The van der Waals surface area contributed by atoms with Gasteiger partial charge >= 0.3 is 0 Å². The smallest absolute Gasteiger partial charge is 0.208 e. The van der Waals surface area contributed by atoms with Gasteiger partial charge in [-0.3, -0.25) is 10.4 Å². The van der Waals surface area contributed by atoms with E-state index in [-0.39, 0.29) is 0 Å². The molecule has 17 heavy (non-hydrogen) atoms. The standard InChI is InChI=1S/C12H22N4S/c1-3-4-8-14-12(15-13)16(2)9-7-11-6-5-10-17-11/h5-6,10H,3-4,7-9,13H2,1-2H3,(H,14,15). The number of nitrogens with zero attached hydrogens (tertiary/aromatic N) is 2. The summed E-state index contributed by atoms with van der Waals surface area (Å²) in [6.45, 7) is 3.92. The summed E-state index contributed by atoms with van der Waals surface area (Å²) in [6.07, 6.45) is 3.28. The Balaban J connectivity index is 2.37. The number of unbranched alkanes of at least 4 members (excludes halogenated alkanes) is 1. The average Bonchev–Trinajstić information content (AvgIpc) is 2.85. The van der Waals surface area contributed by atoms with Crippen LogP contribution in [0.4, 0.5) is 0 Å². The number of likely N-dealkylation sites (N-methyl/N-ethyl adjacent to an activating group) is 1. The molecule has 0 fully saturated rings. The number of rotatable bonds is 6. The lowest BCUT2D eigenvalue weighted by atomic mass is 10.3. The molecule has 1 aromatic heterocycles. The molecule has 0 aliphatic carbocycles. The third kappa shape index (κ3) is 5.19. The molecule has 1 heterocycles. The van der Waals surface area contributed by atoms with Crippen LogP contribution in [0, 0.1) is 0 Å². The first-order valence-corrected chi connectivity index (χ1v) is 6.90. The van der Waals surface area contributed by atoms with E-state index in [4.69, 9.17) is 5.84 Å². The molecule has 0 saturated heterocycles. The summed E-state index contributed by atoms with van der Waals surface area (Å²) in [5.41, 5.74) is 2.67. The van der Waals surface area contributed by atoms with E-state index in [1.807, 2.05) is 7.05 Å². The molecular weight excluding hydrogens is 232 g/mol. The second-order valence-corrected chi connectivity index (χ2v) is 4.99. The number of aliphatic imine (C=N–C) groups is 1. The molecule has 0 aliphatic heterocycles. The van der Waals surface area contributed by atoms with E-state index < -0.39 is 0 Å². The van der Waals surface area contributed by atoms with Crippen molar-refractivity contribution in [1.82, 2.24) is 10.3 Å². The highest BCUT2D eigenvalue weighted by molar-refractivity contribution is 7.09. The maximum Gasteiger partial charge on any atom is 0.208 e. The van der Waals surface area contributed by atoms with E-state index >= 15 is 0 Å². The van der Waals surface area contributed by atoms with Gasteiger partial charge in [0.05, 0.1) is 0 Å². The van der Waals surface area contributed by atoms with Crippen LogP contribution in [0.15, 0.2) is 22.5 Å². The van der Waals surface area contributed by atoms with Crippen molar-refractivity contribution < 1.29 is 0 Å². The van der Waals surface area contributed by atoms with E-state index in [1.54, 1.807) is 11.3 Å². The molecule has 0 aromatic carbocycles. The van der Waals surface area contributed by atoms with Gasteiger partial charge in [0, 0.05) is 25.0 Å². The van der Waals surface area contributed by atoms with Crippen LogP contribution in [-0.4, -0.2) is 31.0 Å². The van der Waals surface area contributed by atoms with Gasteiger partial charge in [0.25, 0.3) is 0 Å². The molecule has 96 valence electrons. The molecule has 0 saturated carbocycles. The van der Waals surface area contributed by atoms with Gasteiger partial charge in [-0.05, 0) is 24.3 Å². The van der Waals surface area contributed by atoms with Crippen molar-refractivity contribution in [1.29, 1.82) is 0 Å². The lowest BCUT2D eigenvalue weighted by molar-refractivity contribution is 0.486. The number of nitrogens with one attached hydrogen (secondary N) is 1. The molecule has 3 N–H and O–H groups in total. The molecule has 0 unspecified atom stereocenters. The van der Waals surface area contributed by atoms with Gasteiger partial charge in [-0.15, -0.1) is 11.3 Å². The van der Waals surface area contributed by atoms with Crippen LogP contribution in [0.5, 0.6) is 0 Å². The number of nitrogens with two attached hydrogens (primary N) is 1. The molecule has 1 aromatic rings. The Morgan fingerprint density at radius 3 is 3.00 bits per heavy atom. The minimum absolute atomic E-state index is 0.773. The Morgan fingerprint density at radius 1 is 1.59 bits per heavy atom. The Hall–Kier alpha value is -1.07. The molecule has 0 amide bonds. The molecule has 1 rings (SSSR count). The van der Waals surface area contributed by atoms with Crippen molar-refractivity contribution in [3.05, 3.63) is 22.4 Å². The van der Waals surface area contributed by atoms with Crippen LogP contribution in [0.2, 0.25) is 0 Å². The van der Waals surface area contributed by atoms with Gasteiger partial charge in [-0.2, -0.15) is 0 Å². The summed E-state index contributed by atoms with van der Waals surface area (Å²) < 4.78 is 0. The fraction of sp³-hybridized carbons (Fsp3) is 0.583. The second kappa shape index (κ2) is 8.08. The van der Waals surface area contributed by atoms with Gasteiger partial charge < -0.3 is 4.90 Å². The minimum atomic E-state index is 0.773. The van der Waals surface area contributed by atoms with E-state index in [0.717, 1.165) is 38.3 Å². The van der Waals surface area contributed by atoms with Gasteiger partial charge in [0.2, 0.25) is 5.96 Å². The van der Waals surface area contributed by atoms with Crippen molar-refractivity contribution >= 4 is 17.3 Å². The quantitative estimate of drug-likeness (QED) is 0.268. The summed E-state index contributed by atoms with van der Waals surface area (Å²) >= 11 is 1.79. The lowest BCUT2D eigenvalue weighted by Crippen LogP contribution is -2.43. The minimum Gasteiger partial charge on any atom is -0.345 e. The molecule has 0 aliphatic rings. The van der Waals surface area contributed by atoms with Crippen molar-refractivity contribution in [2.45, 2.75) is 26.2 Å². The summed E-state index contributed by atoms with van der Waals surface area (Å²) in [6, 6.07) is 4.24. The van der Waals surface area contributed by atoms with Crippen LogP contribution >= 0.6 is 11.3 Å². The van der Waals surface area contributed by atoms with E-state index in [9.17, 15) is 0 Å². The summed E-state index contributed by atoms with van der Waals surface area (Å²) in [4.78, 5) is 7.90. The van der Waals surface area contributed by atoms with Gasteiger partial charge in [0.15, 0.2) is 0 Å². The maximum atomic E-state index is 5.49. The Bertz CT molecular complexity index is 321. The second-order valence-electron chi connectivity index (χ2n) is 3.95. The Labute approximate surface area is 108 Å². The van der Waals surface area contributed by atoms with E-state index in [0.29, 0.717) is 0 Å². The highest BCUT2D eigenvalue weighted by Crippen LogP contribution is 2.09. The topological polar surface area (TPSA) is 53.6 Å². The van der Waals surface area contributed by atoms with Crippen molar-refractivity contribution in [3.8, 4) is 0 Å². The number of guanidine groups is 1. The van der Waals surface area contributed by atoms with Gasteiger partial charge in [-0.25, -0.2) is 5.84 Å². The summed E-state index contributed by atoms with van der Waals surface area (Å²) in [5, 5.41) is 2.10. The predicted molar refractivity (Wildman–Crippen MR) is 75.2 cm³/mol. The summed E-state index contributed by atoms with van der Waals surface area (Å²) in [5.74, 6) is 6.26. The molecule has 4 nitrogen and oxygen atoms in total. The Kier molecular flexibility index (Phi) is 6.65. The number of hydrogen-bond donors (Lipinski definition) is 2. The fourth-order valence-electron chi connectivity index (χ4n) is 1.46. The number of hydrazine groups is 1. The first kappa shape index (κ1) is 14.0. The maximum absolute atomic E-state index is 5.49. The zero-order valence-corrected chi connectivity index (χ0v) is 11.5. The van der Waals surface area contributed by atoms with E-state index in [1.165, 1.54) is 4.88 Å². The van der Waals surface area contributed by atoms with Gasteiger partial charge in [-0.1, -0.05) is 19.4 Å². The Morgan fingerprint density at radius 2 is 2.41 bits per heavy atom. The highest BCUT2D eigenvalue weighted by Gasteiger charge is 2.04. The zero-order chi connectivity index (χ0) is 12.5. The number of hydrogen-bond acceptors (Lipinski definition) is 3. The van der Waals surface area contributed by atoms with Crippen molar-refractivity contribution in [2.75, 3.05) is 20.1 Å². The monoisotopic (exact) mass is 254 g/mol. The van der Waals surface area contributed by atoms with Crippen LogP contribution in [0.1, 0.15) is 24.6 Å². The van der Waals surface area contributed by atoms with Crippen LogP contribution in [0.25, 0.3) is 0 Å². The normalized spacial score (nSPS) is 11.6. The SMILES string of the molecule is CCCCN=C(NN)N(C)CCc1cccs1. The molecule has 5 heteroatoms. The molecule has 0 atom stereocenters. The third-order valence-electron chi connectivity index (χ3n) is 2.54. The van der Waals surface area contributed by atoms with Crippen LogP contribution in [0.3, 0.4) is 0 Å². The first-order valence-electron chi connectivity index (χ1n) is 6.02. The van der Waals surface area contributed by atoms with E-state index in [2.05, 4.69) is 39.8 Å². The largest absolute Gasteiger partial charge is 0.345 e. The van der Waals surface area contributed by atoms with Crippen LogP contribution < -0.4 is 11.3 Å². The lowest BCUT2D eigenvalue weighted by Gasteiger charge is -2.20. The van der Waals surface area contributed by atoms with Crippen LogP contribution in [-0.2, 0) is 6.42 Å². The summed E-state index contributed by atoms with van der Waals surface area (Å²) in [7, 11) is 2.01. The first-order chi connectivity index (χ1) is 8.27. The average molecular weight is 254 g/mol. The molecule has 0 bridgehead atoms. The fourth-order valence-corrected chi connectivity index (χ4v) is 2.16. The highest BCUT2D eigenvalue weighted by atomic mass is 32.1. The number of thiophene rings is 1. The van der Waals surface area contributed by atoms with Crippen molar-refractivity contribution in [3.63, 3.8) is 0 Å². The molecule has 0 spiro atoms. The van der Waals surface area contributed by atoms with Gasteiger partial charge in [0.1, 0.15) is 0 Å². The third-order valence-corrected chi connectivity index (χ3v) is 3.47. The predicted octanol–water partition coefficient (Wildman–Crippen LogP) is 1.84.